The monoisotopic (exact) mass is 697 g/mol. The number of aromatic nitrogens is 1. The Balaban J connectivity index is 1.05. The van der Waals surface area contributed by atoms with Gasteiger partial charge in [-0.2, -0.15) is 0 Å². The van der Waals surface area contributed by atoms with Gasteiger partial charge in [-0.25, -0.2) is 14.6 Å². The van der Waals surface area contributed by atoms with Crippen LogP contribution in [0.1, 0.15) is 85.1 Å². The quantitative estimate of drug-likeness (QED) is 0.214. The highest BCUT2D eigenvalue weighted by Crippen LogP contribution is 2.60. The summed E-state index contributed by atoms with van der Waals surface area (Å²) in [6.45, 7) is 9.92. The zero-order chi connectivity index (χ0) is 35.8. The predicted octanol–water partition coefficient (Wildman–Crippen LogP) is 4.43. The van der Waals surface area contributed by atoms with Gasteiger partial charge in [-0.15, -0.1) is 0 Å². The van der Waals surface area contributed by atoms with E-state index in [0.29, 0.717) is 18.8 Å². The summed E-state index contributed by atoms with van der Waals surface area (Å²) in [6.07, 6.45) is 3.74. The number of fused-ring (bicyclic) bond motifs is 3. The minimum Gasteiger partial charge on any atom is -0.467 e. The Morgan fingerprint density at radius 1 is 1.00 bits per heavy atom. The summed E-state index contributed by atoms with van der Waals surface area (Å²) in [7, 11) is 1.27. The molecule has 1 spiro atoms. The van der Waals surface area contributed by atoms with Crippen LogP contribution in [0.4, 0.5) is 0 Å². The molecular formula is C37H51N3O10. The van der Waals surface area contributed by atoms with E-state index in [1.807, 2.05) is 52.0 Å². The number of benzene rings is 1. The van der Waals surface area contributed by atoms with Crippen LogP contribution in [0.15, 0.2) is 30.5 Å². The lowest BCUT2D eigenvalue weighted by molar-refractivity contribution is -0.576. The molecule has 50 heavy (non-hydrogen) atoms. The van der Waals surface area contributed by atoms with E-state index < -0.39 is 59.8 Å². The lowest BCUT2D eigenvalue weighted by Crippen LogP contribution is -2.70. The minimum absolute atomic E-state index is 0.00807. The Labute approximate surface area is 292 Å². The van der Waals surface area contributed by atoms with E-state index in [2.05, 4.69) is 22.5 Å². The lowest BCUT2D eigenvalue weighted by Gasteiger charge is -2.59. The molecule has 1 aromatic heterocycles. The van der Waals surface area contributed by atoms with Crippen LogP contribution in [-0.4, -0.2) is 71.9 Å². The van der Waals surface area contributed by atoms with Gasteiger partial charge < -0.3 is 34.6 Å². The predicted molar refractivity (Wildman–Crippen MR) is 179 cm³/mol. The van der Waals surface area contributed by atoms with E-state index in [4.69, 9.17) is 28.7 Å². The molecule has 274 valence electrons. The number of carbonyl (C=O) groups excluding carboxylic acids is 4. The van der Waals surface area contributed by atoms with Crippen LogP contribution < -0.4 is 10.6 Å². The van der Waals surface area contributed by atoms with Gasteiger partial charge in [0, 0.05) is 48.2 Å². The first-order chi connectivity index (χ1) is 23.8. The van der Waals surface area contributed by atoms with Gasteiger partial charge in [0.25, 0.3) is 0 Å². The zero-order valence-electron chi connectivity index (χ0n) is 29.8. The first kappa shape index (κ1) is 36.3. The normalized spacial score (nSPS) is 32.8. The zero-order valence-corrected chi connectivity index (χ0v) is 29.8. The van der Waals surface area contributed by atoms with Crippen molar-refractivity contribution < 1.29 is 47.9 Å². The molecule has 1 aliphatic carbocycles. The van der Waals surface area contributed by atoms with Gasteiger partial charge >= 0.3 is 11.9 Å². The maximum Gasteiger partial charge on any atom is 0.328 e. The summed E-state index contributed by atoms with van der Waals surface area (Å²) in [5.74, 6) is -2.70. The molecule has 1 aromatic carbocycles. The average Bonchev–Trinajstić information content (AvgIpc) is 3.35. The molecule has 13 heteroatoms. The molecule has 10 atom stereocenters. The van der Waals surface area contributed by atoms with Crippen LogP contribution in [0, 0.1) is 29.6 Å². The van der Waals surface area contributed by atoms with Gasteiger partial charge in [0.2, 0.25) is 23.9 Å². The van der Waals surface area contributed by atoms with E-state index in [0.717, 1.165) is 35.7 Å². The fraction of sp³-hybridized carbons (Fsp3) is 0.676. The molecule has 5 heterocycles. The van der Waals surface area contributed by atoms with Crippen LogP contribution in [0.5, 0.6) is 0 Å². The van der Waals surface area contributed by atoms with Crippen molar-refractivity contribution in [3.05, 3.63) is 36.0 Å². The number of esters is 2. The summed E-state index contributed by atoms with van der Waals surface area (Å²) in [5.41, 5.74) is 0.982. The molecule has 4 saturated heterocycles. The summed E-state index contributed by atoms with van der Waals surface area (Å²) in [4.78, 5) is 67.7. The highest BCUT2D eigenvalue weighted by atomic mass is 17.3. The Kier molecular flexibility index (Phi) is 10.6. The second kappa shape index (κ2) is 14.6. The van der Waals surface area contributed by atoms with Crippen LogP contribution in [0.2, 0.25) is 0 Å². The van der Waals surface area contributed by atoms with E-state index >= 15 is 0 Å². The van der Waals surface area contributed by atoms with Crippen LogP contribution in [-0.2, 0) is 54.3 Å². The van der Waals surface area contributed by atoms with Crippen molar-refractivity contribution in [2.75, 3.05) is 7.11 Å². The first-order valence-electron chi connectivity index (χ1n) is 18.0. The number of amides is 2. The van der Waals surface area contributed by atoms with Gasteiger partial charge in [0.15, 0.2) is 11.9 Å². The van der Waals surface area contributed by atoms with Gasteiger partial charge in [-0.05, 0) is 62.0 Å². The van der Waals surface area contributed by atoms with Gasteiger partial charge in [-0.3, -0.25) is 14.4 Å². The van der Waals surface area contributed by atoms with Crippen molar-refractivity contribution in [1.29, 1.82) is 0 Å². The fourth-order valence-electron chi connectivity index (χ4n) is 8.51. The van der Waals surface area contributed by atoms with Crippen molar-refractivity contribution in [2.45, 2.75) is 122 Å². The second-order valence-corrected chi connectivity index (χ2v) is 15.2. The molecule has 13 nitrogen and oxygen atoms in total. The highest BCUT2D eigenvalue weighted by Gasteiger charge is 2.69. The summed E-state index contributed by atoms with van der Waals surface area (Å²) in [5, 5.41) is 6.49. The molecule has 5 aliphatic rings. The molecule has 2 bridgehead atoms. The van der Waals surface area contributed by atoms with E-state index in [9.17, 15) is 19.2 Å². The number of H-pyrrole nitrogens is 1. The Hall–Kier alpha value is -3.52. The fourth-order valence-corrected chi connectivity index (χ4v) is 8.51. The smallest absolute Gasteiger partial charge is 0.328 e. The van der Waals surface area contributed by atoms with Gasteiger partial charge in [0.05, 0.1) is 13.5 Å². The number of aromatic amines is 1. The van der Waals surface area contributed by atoms with Crippen molar-refractivity contribution in [2.24, 2.45) is 29.6 Å². The molecule has 2 amide bonds. The van der Waals surface area contributed by atoms with Crippen LogP contribution >= 0.6 is 0 Å². The number of hydrogen-bond donors (Lipinski definition) is 3. The molecule has 4 aliphatic heterocycles. The van der Waals surface area contributed by atoms with Crippen molar-refractivity contribution in [1.82, 2.24) is 15.6 Å². The summed E-state index contributed by atoms with van der Waals surface area (Å²) < 4.78 is 23.5. The number of carbonyl (C=O) groups is 4. The lowest BCUT2D eigenvalue weighted by atomic mass is 9.58. The number of nitrogens with one attached hydrogen (secondary N) is 3. The SMILES string of the molecule is COC(=O)C(Cc1c[nH]c2ccccc12)NC(=O)C(CC(C)C)NC(=O)CCC(=O)OC1O[C@H]2OC3(C)CC[C@H]4[C@H](C)CCC(C1C)C24OO3. The van der Waals surface area contributed by atoms with Crippen molar-refractivity contribution in [3.8, 4) is 0 Å². The highest BCUT2D eigenvalue weighted by molar-refractivity contribution is 5.92. The first-order valence-corrected chi connectivity index (χ1v) is 18.0. The summed E-state index contributed by atoms with van der Waals surface area (Å²) in [6, 6.07) is 5.77. The minimum atomic E-state index is -0.972. The maximum atomic E-state index is 13.5. The molecule has 7 unspecified atom stereocenters. The topological polar surface area (TPSA) is 164 Å². The Morgan fingerprint density at radius 2 is 1.78 bits per heavy atom. The number of para-hydroxylation sites is 1. The largest absolute Gasteiger partial charge is 0.467 e. The standard InChI is InChI=1S/C37H51N3O10/c1-20(2)17-28(32(43)40-29(33(44)45-6)18-23-19-38-27-10-8-7-9-24(23)27)39-30(41)13-14-31(42)46-34-22(4)26-12-11-21(3)25-15-16-36(5)48-35(47-34)37(25,26)50-49-36/h7-10,19-22,25-26,28-29,34-35,38H,11-18H2,1-6H3,(H,39,41)(H,40,43)/t21-,22?,25+,26?,28?,29?,34?,35+,36?,37?/m1/s1. The third-order valence-electron chi connectivity index (χ3n) is 11.2. The maximum absolute atomic E-state index is 13.5. The number of rotatable bonds is 12. The molecular weight excluding hydrogens is 646 g/mol. The molecule has 2 aromatic rings. The summed E-state index contributed by atoms with van der Waals surface area (Å²) >= 11 is 0. The average molecular weight is 698 g/mol. The third-order valence-corrected chi connectivity index (χ3v) is 11.2. The van der Waals surface area contributed by atoms with Gasteiger partial charge in [-0.1, -0.05) is 45.9 Å². The number of hydrogen-bond acceptors (Lipinski definition) is 10. The third kappa shape index (κ3) is 7.15. The van der Waals surface area contributed by atoms with Crippen molar-refractivity contribution >= 4 is 34.7 Å². The molecule has 5 fully saturated rings. The second-order valence-electron chi connectivity index (χ2n) is 15.2. The Morgan fingerprint density at radius 3 is 2.54 bits per heavy atom. The molecule has 7 rings (SSSR count). The van der Waals surface area contributed by atoms with Gasteiger partial charge in [0.1, 0.15) is 12.1 Å². The number of methoxy groups -OCH3 is 1. The molecule has 0 radical (unpaired) electrons. The van der Waals surface area contributed by atoms with Crippen LogP contribution in [0.3, 0.4) is 0 Å². The van der Waals surface area contributed by atoms with E-state index in [1.165, 1.54) is 7.11 Å². The number of ether oxygens (including phenoxy) is 4. The van der Waals surface area contributed by atoms with Crippen molar-refractivity contribution in [3.63, 3.8) is 0 Å². The molecule has 1 saturated carbocycles. The Bertz CT molecular complexity index is 1580. The van der Waals surface area contributed by atoms with Crippen LogP contribution in [0.25, 0.3) is 10.9 Å². The van der Waals surface area contributed by atoms with E-state index in [-0.39, 0.29) is 42.9 Å². The van der Waals surface area contributed by atoms with E-state index in [1.54, 1.807) is 6.20 Å². The molecule has 3 N–H and O–H groups in total.